The molecule has 0 amide bonds. The van der Waals surface area contributed by atoms with E-state index in [2.05, 4.69) is 17.5 Å². The zero-order chi connectivity index (χ0) is 13.0. The van der Waals surface area contributed by atoms with Gasteiger partial charge in [-0.2, -0.15) is 0 Å². The van der Waals surface area contributed by atoms with Gasteiger partial charge in [-0.3, -0.25) is 0 Å². The number of halogens is 2. The second-order valence-electron chi connectivity index (χ2n) is 4.07. The highest BCUT2D eigenvalue weighted by atomic mass is 32.1. The van der Waals surface area contributed by atoms with E-state index in [0.717, 1.165) is 18.6 Å². The Labute approximate surface area is 105 Å². The summed E-state index contributed by atoms with van der Waals surface area (Å²) >= 11 is 4.67. The second kappa shape index (κ2) is 5.91. The summed E-state index contributed by atoms with van der Waals surface area (Å²) < 4.78 is 27.2. The molecule has 2 nitrogen and oxygen atoms in total. The minimum atomic E-state index is -0.670. The number of nitrogens with one attached hydrogen (secondary N) is 1. The van der Waals surface area contributed by atoms with E-state index in [0.29, 0.717) is 12.5 Å². The van der Waals surface area contributed by atoms with E-state index in [1.165, 1.54) is 0 Å². The molecule has 0 bridgehead atoms. The van der Waals surface area contributed by atoms with Crippen LogP contribution in [0, 0.1) is 17.6 Å². The van der Waals surface area contributed by atoms with Crippen LogP contribution in [0.25, 0.3) is 0 Å². The van der Waals surface area contributed by atoms with E-state index in [9.17, 15) is 8.78 Å². The van der Waals surface area contributed by atoms with Gasteiger partial charge in [0.05, 0.1) is 0 Å². The molecule has 0 radical (unpaired) electrons. The lowest BCUT2D eigenvalue weighted by molar-refractivity contribution is 0.566. The third kappa shape index (κ3) is 3.63. The van der Waals surface area contributed by atoms with Gasteiger partial charge in [-0.1, -0.05) is 32.5 Å². The molecule has 0 aliphatic carbocycles. The summed E-state index contributed by atoms with van der Waals surface area (Å²) in [6.07, 6.45) is 0.946. The standard InChI is InChI=1S/C12H16F2N2S/c1-3-7(2)6-16-11-9(13)4-8(12(15)17)5-10(11)14/h4-5,7,16H,3,6H2,1-2H3,(H2,15,17). The Bertz CT molecular complexity index is 398. The molecule has 1 aromatic carbocycles. The fourth-order valence-corrected chi connectivity index (χ4v) is 1.42. The maximum atomic E-state index is 13.6. The van der Waals surface area contributed by atoms with Crippen LogP contribution in [-0.4, -0.2) is 11.5 Å². The molecule has 0 aliphatic heterocycles. The lowest BCUT2D eigenvalue weighted by atomic mass is 10.1. The molecule has 3 N–H and O–H groups in total. The van der Waals surface area contributed by atoms with Crippen molar-refractivity contribution in [1.82, 2.24) is 0 Å². The average Bonchev–Trinajstić information content (AvgIpc) is 2.27. The molecule has 94 valence electrons. The smallest absolute Gasteiger partial charge is 0.150 e. The van der Waals surface area contributed by atoms with E-state index in [4.69, 9.17) is 5.73 Å². The molecular formula is C12H16F2N2S. The van der Waals surface area contributed by atoms with Crippen LogP contribution in [-0.2, 0) is 0 Å². The lowest BCUT2D eigenvalue weighted by Crippen LogP contribution is -2.15. The summed E-state index contributed by atoms with van der Waals surface area (Å²) in [5.41, 5.74) is 5.40. The molecule has 1 rings (SSSR count). The van der Waals surface area contributed by atoms with Crippen molar-refractivity contribution in [2.24, 2.45) is 11.7 Å². The maximum Gasteiger partial charge on any atom is 0.150 e. The molecule has 0 spiro atoms. The van der Waals surface area contributed by atoms with Crippen molar-refractivity contribution in [2.45, 2.75) is 20.3 Å². The average molecular weight is 258 g/mol. The van der Waals surface area contributed by atoms with Crippen LogP contribution in [0.5, 0.6) is 0 Å². The third-order valence-corrected chi connectivity index (χ3v) is 2.89. The number of hydrogen-bond donors (Lipinski definition) is 2. The van der Waals surface area contributed by atoms with Crippen LogP contribution in [0.3, 0.4) is 0 Å². The monoisotopic (exact) mass is 258 g/mol. The first-order chi connectivity index (χ1) is 7.95. The van der Waals surface area contributed by atoms with Gasteiger partial charge in [0, 0.05) is 12.1 Å². The zero-order valence-corrected chi connectivity index (χ0v) is 10.7. The SMILES string of the molecule is CCC(C)CNc1c(F)cc(C(N)=S)cc1F. The van der Waals surface area contributed by atoms with Gasteiger partial charge in [0.1, 0.15) is 22.3 Å². The molecule has 0 fully saturated rings. The minimum absolute atomic E-state index is 0.0173. The van der Waals surface area contributed by atoms with Crippen LogP contribution < -0.4 is 11.1 Å². The Hall–Kier alpha value is -1.23. The predicted octanol–water partition coefficient (Wildman–Crippen LogP) is 3.06. The molecule has 0 saturated heterocycles. The van der Waals surface area contributed by atoms with Gasteiger partial charge < -0.3 is 11.1 Å². The maximum absolute atomic E-state index is 13.6. The molecule has 17 heavy (non-hydrogen) atoms. The highest BCUT2D eigenvalue weighted by molar-refractivity contribution is 7.80. The first kappa shape index (κ1) is 13.8. The highest BCUT2D eigenvalue weighted by Crippen LogP contribution is 2.21. The molecule has 1 unspecified atom stereocenters. The van der Waals surface area contributed by atoms with E-state index < -0.39 is 11.6 Å². The second-order valence-corrected chi connectivity index (χ2v) is 4.51. The van der Waals surface area contributed by atoms with Crippen molar-refractivity contribution in [3.8, 4) is 0 Å². The molecule has 0 aliphatic rings. The van der Waals surface area contributed by atoms with Crippen molar-refractivity contribution >= 4 is 22.9 Å². The van der Waals surface area contributed by atoms with Gasteiger partial charge in [0.25, 0.3) is 0 Å². The topological polar surface area (TPSA) is 38.0 Å². The van der Waals surface area contributed by atoms with Gasteiger partial charge >= 0.3 is 0 Å². The molecule has 1 aromatic rings. The lowest BCUT2D eigenvalue weighted by Gasteiger charge is -2.13. The summed E-state index contributed by atoms with van der Waals surface area (Å²) in [4.78, 5) is -0.0173. The van der Waals surface area contributed by atoms with Crippen molar-refractivity contribution in [2.75, 3.05) is 11.9 Å². The number of thiocarbonyl (C=S) groups is 1. The Morgan fingerprint density at radius 3 is 2.35 bits per heavy atom. The normalized spacial score (nSPS) is 12.2. The number of rotatable bonds is 5. The summed E-state index contributed by atoms with van der Waals surface area (Å²) in [5, 5.41) is 2.76. The quantitative estimate of drug-likeness (QED) is 0.797. The Morgan fingerprint density at radius 2 is 1.94 bits per heavy atom. The number of anilines is 1. The van der Waals surface area contributed by atoms with Crippen LogP contribution >= 0.6 is 12.2 Å². The molecule has 0 saturated carbocycles. The Balaban J connectivity index is 2.90. The summed E-state index contributed by atoms with van der Waals surface area (Å²) in [6.45, 7) is 4.55. The van der Waals surface area contributed by atoms with Crippen molar-refractivity contribution in [1.29, 1.82) is 0 Å². The summed E-state index contributed by atoms with van der Waals surface area (Å²) in [7, 11) is 0. The van der Waals surface area contributed by atoms with Crippen LogP contribution in [0.2, 0.25) is 0 Å². The fourth-order valence-electron chi connectivity index (χ4n) is 1.30. The molecule has 1 atom stereocenters. The Morgan fingerprint density at radius 1 is 1.41 bits per heavy atom. The first-order valence-electron chi connectivity index (χ1n) is 5.48. The van der Waals surface area contributed by atoms with Crippen LogP contribution in [0.4, 0.5) is 14.5 Å². The molecule has 5 heteroatoms. The molecular weight excluding hydrogens is 242 g/mol. The van der Waals surface area contributed by atoms with Crippen molar-refractivity contribution < 1.29 is 8.78 Å². The van der Waals surface area contributed by atoms with Gasteiger partial charge in [-0.15, -0.1) is 0 Å². The van der Waals surface area contributed by atoms with Crippen LogP contribution in [0.15, 0.2) is 12.1 Å². The molecule has 0 heterocycles. The largest absolute Gasteiger partial charge is 0.389 e. The summed E-state index contributed by atoms with van der Waals surface area (Å²) in [6, 6.07) is 2.29. The Kier molecular flexibility index (Phi) is 4.81. The zero-order valence-electron chi connectivity index (χ0n) is 9.89. The van der Waals surface area contributed by atoms with Crippen LogP contribution in [0.1, 0.15) is 25.8 Å². The molecule has 0 aromatic heterocycles. The fraction of sp³-hybridized carbons (Fsp3) is 0.417. The minimum Gasteiger partial charge on any atom is -0.389 e. The van der Waals surface area contributed by atoms with Crippen molar-refractivity contribution in [3.05, 3.63) is 29.3 Å². The number of hydrogen-bond acceptors (Lipinski definition) is 2. The van der Waals surface area contributed by atoms with E-state index in [-0.39, 0.29) is 16.2 Å². The van der Waals surface area contributed by atoms with E-state index >= 15 is 0 Å². The number of benzene rings is 1. The van der Waals surface area contributed by atoms with Gasteiger partial charge in [0.15, 0.2) is 0 Å². The van der Waals surface area contributed by atoms with E-state index in [1.54, 1.807) is 0 Å². The third-order valence-electron chi connectivity index (χ3n) is 2.65. The van der Waals surface area contributed by atoms with Gasteiger partial charge in [-0.05, 0) is 18.1 Å². The van der Waals surface area contributed by atoms with E-state index in [1.807, 2.05) is 13.8 Å². The van der Waals surface area contributed by atoms with Crippen molar-refractivity contribution in [3.63, 3.8) is 0 Å². The number of nitrogens with two attached hydrogens (primary N) is 1. The predicted molar refractivity (Wildman–Crippen MR) is 70.2 cm³/mol. The first-order valence-corrected chi connectivity index (χ1v) is 5.89. The summed E-state index contributed by atoms with van der Waals surface area (Å²) in [5.74, 6) is -0.990. The van der Waals surface area contributed by atoms with Gasteiger partial charge in [-0.25, -0.2) is 8.78 Å². The van der Waals surface area contributed by atoms with Gasteiger partial charge in [0.2, 0.25) is 0 Å². The highest BCUT2D eigenvalue weighted by Gasteiger charge is 2.12.